The Morgan fingerprint density at radius 3 is 2.67 bits per heavy atom. The molecule has 0 amide bonds. The van der Waals surface area contributed by atoms with Crippen LogP contribution in [0.1, 0.15) is 44.2 Å². The van der Waals surface area contributed by atoms with Gasteiger partial charge in [-0.1, -0.05) is 19.4 Å². The summed E-state index contributed by atoms with van der Waals surface area (Å²) < 4.78 is 10.7. The van der Waals surface area contributed by atoms with Gasteiger partial charge in [0.1, 0.15) is 0 Å². The van der Waals surface area contributed by atoms with E-state index in [0.717, 1.165) is 37.2 Å². The molecular weight excluding hydrogens is 264 g/mol. The lowest BCUT2D eigenvalue weighted by Gasteiger charge is -2.24. The molecule has 1 aromatic carbocycles. The van der Waals surface area contributed by atoms with Crippen molar-refractivity contribution in [2.24, 2.45) is 5.92 Å². The summed E-state index contributed by atoms with van der Waals surface area (Å²) in [6, 6.07) is 9.00. The van der Waals surface area contributed by atoms with E-state index in [9.17, 15) is 5.26 Å². The molecule has 0 saturated heterocycles. The van der Waals surface area contributed by atoms with Crippen LogP contribution in [0.4, 0.5) is 0 Å². The van der Waals surface area contributed by atoms with E-state index in [1.807, 2.05) is 12.1 Å². The highest BCUT2D eigenvalue weighted by atomic mass is 16.5. The van der Waals surface area contributed by atoms with E-state index in [2.05, 4.69) is 24.4 Å². The van der Waals surface area contributed by atoms with E-state index in [1.54, 1.807) is 14.2 Å². The number of nitrogens with zero attached hydrogens (tertiary/aromatic N) is 1. The van der Waals surface area contributed by atoms with Crippen LogP contribution in [-0.4, -0.2) is 20.3 Å². The maximum absolute atomic E-state index is 9.22. The molecule has 1 aromatic rings. The number of nitrogens with one attached hydrogen (secondary N) is 1. The molecule has 1 aliphatic rings. The second-order valence-electron chi connectivity index (χ2n) is 5.51. The number of nitriles is 1. The van der Waals surface area contributed by atoms with Crippen LogP contribution in [-0.2, 0) is 0 Å². The number of hydrogen-bond donors (Lipinski definition) is 1. The van der Waals surface area contributed by atoms with Crippen molar-refractivity contribution in [2.75, 3.05) is 14.2 Å². The van der Waals surface area contributed by atoms with Crippen LogP contribution in [0.25, 0.3) is 0 Å². The van der Waals surface area contributed by atoms with E-state index in [-0.39, 0.29) is 12.0 Å². The minimum Gasteiger partial charge on any atom is -0.493 e. The number of hydrogen-bond acceptors (Lipinski definition) is 4. The van der Waals surface area contributed by atoms with Crippen molar-refractivity contribution in [3.8, 4) is 17.6 Å². The summed E-state index contributed by atoms with van der Waals surface area (Å²) in [5.74, 6) is 1.63. The zero-order chi connectivity index (χ0) is 15.2. The molecule has 0 aliphatic heterocycles. The molecule has 0 aromatic heterocycles. The summed E-state index contributed by atoms with van der Waals surface area (Å²) in [6.45, 7) is 2.16. The fraction of sp³-hybridized carbons (Fsp3) is 0.588. The normalized spacial score (nSPS) is 22.6. The molecule has 2 rings (SSSR count). The third kappa shape index (κ3) is 3.48. The lowest BCUT2D eigenvalue weighted by molar-refractivity contribution is 0.352. The van der Waals surface area contributed by atoms with Gasteiger partial charge in [0.25, 0.3) is 0 Å². The summed E-state index contributed by atoms with van der Waals surface area (Å²) in [6.07, 6.45) is 4.21. The van der Waals surface area contributed by atoms with Crippen molar-refractivity contribution in [3.63, 3.8) is 0 Å². The Hall–Kier alpha value is -1.73. The van der Waals surface area contributed by atoms with Crippen LogP contribution >= 0.6 is 0 Å². The minimum atomic E-state index is 0.138. The van der Waals surface area contributed by atoms with E-state index in [0.29, 0.717) is 6.04 Å². The quantitative estimate of drug-likeness (QED) is 0.871. The van der Waals surface area contributed by atoms with Gasteiger partial charge in [0.15, 0.2) is 11.5 Å². The number of rotatable bonds is 6. The number of ether oxygens (including phenoxy) is 2. The lowest BCUT2D eigenvalue weighted by Crippen LogP contribution is -2.34. The second kappa shape index (κ2) is 7.33. The highest BCUT2D eigenvalue weighted by Gasteiger charge is 2.29. The van der Waals surface area contributed by atoms with Gasteiger partial charge in [-0.3, -0.25) is 0 Å². The van der Waals surface area contributed by atoms with Crippen LogP contribution in [0, 0.1) is 17.2 Å². The van der Waals surface area contributed by atoms with Gasteiger partial charge in [-0.15, -0.1) is 0 Å². The number of benzene rings is 1. The van der Waals surface area contributed by atoms with Gasteiger partial charge in [-0.05, 0) is 37.0 Å². The first kappa shape index (κ1) is 15.7. The van der Waals surface area contributed by atoms with Crippen molar-refractivity contribution in [3.05, 3.63) is 23.8 Å². The third-order valence-electron chi connectivity index (χ3n) is 4.32. The maximum atomic E-state index is 9.22. The number of methoxy groups -OCH3 is 2. The second-order valence-corrected chi connectivity index (χ2v) is 5.51. The van der Waals surface area contributed by atoms with Crippen molar-refractivity contribution >= 4 is 0 Å². The van der Waals surface area contributed by atoms with E-state index < -0.39 is 0 Å². The predicted octanol–water partition coefficient (Wildman–Crippen LogP) is 3.44. The van der Waals surface area contributed by atoms with E-state index in [4.69, 9.17) is 9.47 Å². The zero-order valence-electron chi connectivity index (χ0n) is 13.1. The van der Waals surface area contributed by atoms with E-state index >= 15 is 0 Å². The summed E-state index contributed by atoms with van der Waals surface area (Å²) in [7, 11) is 3.29. The summed E-state index contributed by atoms with van der Waals surface area (Å²) in [5, 5.41) is 12.9. The molecule has 1 saturated carbocycles. The smallest absolute Gasteiger partial charge is 0.161 e. The SMILES string of the molecule is CCC(NC1CCCC1C#N)c1ccc(OC)c(OC)c1. The Morgan fingerprint density at radius 2 is 2.05 bits per heavy atom. The van der Waals surface area contributed by atoms with Crippen LogP contribution in [0.2, 0.25) is 0 Å². The Labute approximate surface area is 127 Å². The van der Waals surface area contributed by atoms with Crippen LogP contribution in [0.15, 0.2) is 18.2 Å². The molecule has 1 aliphatic carbocycles. The average Bonchev–Trinajstić information content (AvgIpc) is 2.99. The Balaban J connectivity index is 2.15. The highest BCUT2D eigenvalue weighted by molar-refractivity contribution is 5.43. The van der Waals surface area contributed by atoms with Crippen molar-refractivity contribution in [2.45, 2.75) is 44.7 Å². The molecule has 0 heterocycles. The summed E-state index contributed by atoms with van der Waals surface area (Å²) in [5.41, 5.74) is 1.18. The van der Waals surface area contributed by atoms with Crippen molar-refractivity contribution < 1.29 is 9.47 Å². The van der Waals surface area contributed by atoms with Gasteiger partial charge in [0, 0.05) is 12.1 Å². The van der Waals surface area contributed by atoms with Crippen LogP contribution in [0.3, 0.4) is 0 Å². The topological polar surface area (TPSA) is 54.3 Å². The third-order valence-corrected chi connectivity index (χ3v) is 4.32. The Bertz CT molecular complexity index is 510. The van der Waals surface area contributed by atoms with Crippen molar-refractivity contribution in [1.82, 2.24) is 5.32 Å². The first-order chi connectivity index (χ1) is 10.2. The van der Waals surface area contributed by atoms with E-state index in [1.165, 1.54) is 5.56 Å². The molecule has 21 heavy (non-hydrogen) atoms. The molecule has 0 spiro atoms. The molecule has 3 atom stereocenters. The first-order valence-electron chi connectivity index (χ1n) is 7.61. The molecule has 114 valence electrons. The fourth-order valence-electron chi connectivity index (χ4n) is 3.09. The summed E-state index contributed by atoms with van der Waals surface area (Å²) >= 11 is 0. The standard InChI is InChI=1S/C17H24N2O2/c1-4-14(19-15-7-5-6-13(15)11-18)12-8-9-16(20-2)17(10-12)21-3/h8-10,13-15,19H,4-7H2,1-3H3. The van der Waals surface area contributed by atoms with Crippen LogP contribution in [0.5, 0.6) is 11.5 Å². The monoisotopic (exact) mass is 288 g/mol. The van der Waals surface area contributed by atoms with Gasteiger partial charge in [0.2, 0.25) is 0 Å². The molecule has 3 unspecified atom stereocenters. The molecule has 0 radical (unpaired) electrons. The van der Waals surface area contributed by atoms with Gasteiger partial charge < -0.3 is 14.8 Å². The van der Waals surface area contributed by atoms with Gasteiger partial charge in [-0.2, -0.15) is 5.26 Å². The Morgan fingerprint density at radius 1 is 1.29 bits per heavy atom. The zero-order valence-corrected chi connectivity index (χ0v) is 13.1. The van der Waals surface area contributed by atoms with Crippen molar-refractivity contribution in [1.29, 1.82) is 5.26 Å². The largest absolute Gasteiger partial charge is 0.493 e. The van der Waals surface area contributed by atoms with Gasteiger partial charge in [0.05, 0.1) is 26.2 Å². The summed E-state index contributed by atoms with van der Waals surface area (Å²) in [4.78, 5) is 0. The molecule has 0 bridgehead atoms. The molecular formula is C17H24N2O2. The first-order valence-corrected chi connectivity index (χ1v) is 7.61. The highest BCUT2D eigenvalue weighted by Crippen LogP contribution is 2.33. The van der Waals surface area contributed by atoms with Gasteiger partial charge >= 0.3 is 0 Å². The lowest BCUT2D eigenvalue weighted by atomic mass is 9.99. The molecule has 4 heteroatoms. The molecule has 4 nitrogen and oxygen atoms in total. The molecule has 1 N–H and O–H groups in total. The van der Waals surface area contributed by atoms with Gasteiger partial charge in [-0.25, -0.2) is 0 Å². The Kier molecular flexibility index (Phi) is 5.46. The van der Waals surface area contributed by atoms with Crippen LogP contribution < -0.4 is 14.8 Å². The maximum Gasteiger partial charge on any atom is 0.161 e. The fourth-order valence-corrected chi connectivity index (χ4v) is 3.09. The predicted molar refractivity (Wildman–Crippen MR) is 82.5 cm³/mol. The average molecular weight is 288 g/mol. The molecule has 1 fully saturated rings. The minimum absolute atomic E-state index is 0.138.